The molecule has 3 aliphatic heterocycles. The van der Waals surface area contributed by atoms with E-state index < -0.39 is 0 Å². The van der Waals surface area contributed by atoms with Gasteiger partial charge in [0.1, 0.15) is 0 Å². The molecule has 8 heteroatoms. The lowest BCUT2D eigenvalue weighted by atomic mass is 10.0. The highest BCUT2D eigenvalue weighted by Gasteiger charge is 2.32. The molecule has 27 heavy (non-hydrogen) atoms. The number of aliphatic imine (C=N–C) groups is 1. The molecular weight excluding hydrogens is 364 g/mol. The van der Waals surface area contributed by atoms with Crippen LogP contribution in [0.2, 0.25) is 0 Å². The minimum atomic E-state index is -0.111. The van der Waals surface area contributed by atoms with Crippen molar-refractivity contribution in [2.24, 2.45) is 10.1 Å². The lowest BCUT2D eigenvalue weighted by Gasteiger charge is -2.29. The molecule has 2 aromatic rings. The first kappa shape index (κ1) is 16.2. The molecule has 3 aliphatic rings. The second-order valence-electron chi connectivity index (χ2n) is 6.25. The summed E-state index contributed by atoms with van der Waals surface area (Å²) in [6, 6.07) is 13.6. The molecule has 0 aromatic heterocycles. The summed E-state index contributed by atoms with van der Waals surface area (Å²) < 4.78 is 10.6. The Balaban J connectivity index is 1.27. The van der Waals surface area contributed by atoms with E-state index >= 15 is 0 Å². The first-order chi connectivity index (χ1) is 13.3. The average molecular weight is 380 g/mol. The number of amidine groups is 1. The Labute approximate surface area is 160 Å². The van der Waals surface area contributed by atoms with Gasteiger partial charge in [-0.15, -0.1) is 0 Å². The van der Waals surface area contributed by atoms with Gasteiger partial charge in [0.05, 0.1) is 17.5 Å². The van der Waals surface area contributed by atoms with Gasteiger partial charge >= 0.3 is 0 Å². The summed E-state index contributed by atoms with van der Waals surface area (Å²) in [5.41, 5.74) is 2.80. The van der Waals surface area contributed by atoms with E-state index in [1.165, 1.54) is 17.3 Å². The number of nitrogens with one attached hydrogen (secondary N) is 1. The largest absolute Gasteiger partial charge is 0.454 e. The van der Waals surface area contributed by atoms with E-state index in [4.69, 9.17) is 9.47 Å². The van der Waals surface area contributed by atoms with Crippen LogP contribution >= 0.6 is 11.8 Å². The smallest absolute Gasteiger partial charge is 0.234 e. The van der Waals surface area contributed by atoms with Crippen LogP contribution in [0, 0.1) is 0 Å². The highest BCUT2D eigenvalue weighted by molar-refractivity contribution is 8.14. The number of thioether (sulfide) groups is 1. The number of para-hydroxylation sites is 1. The van der Waals surface area contributed by atoms with Gasteiger partial charge in [0, 0.05) is 30.0 Å². The summed E-state index contributed by atoms with van der Waals surface area (Å²) in [5.74, 6) is 1.47. The first-order valence-electron chi connectivity index (χ1n) is 8.59. The molecular formula is C19H16N4O3S. The number of ether oxygens (including phenoxy) is 2. The van der Waals surface area contributed by atoms with Gasteiger partial charge in [-0.05, 0) is 18.2 Å². The zero-order valence-corrected chi connectivity index (χ0v) is 15.1. The minimum absolute atomic E-state index is 0.111. The normalized spacial score (nSPS) is 18.7. The molecule has 0 aliphatic carbocycles. The number of hydrogen-bond donors (Lipinski definition) is 1. The van der Waals surface area contributed by atoms with Crippen molar-refractivity contribution in [1.29, 1.82) is 0 Å². The third-order valence-corrected chi connectivity index (χ3v) is 5.47. The molecule has 0 saturated carbocycles. The number of carbonyl (C=O) groups excluding carboxylic acids is 1. The molecule has 0 fully saturated rings. The molecule has 0 radical (unpaired) electrons. The molecule has 3 heterocycles. The third-order valence-electron chi connectivity index (χ3n) is 4.53. The number of amides is 1. The van der Waals surface area contributed by atoms with Gasteiger partial charge in [0.2, 0.25) is 12.7 Å². The fraction of sp³-hybridized carbons (Fsp3) is 0.211. The zero-order chi connectivity index (χ0) is 18.2. The second-order valence-corrected chi connectivity index (χ2v) is 7.19. The number of nitrogens with zero attached hydrogens (tertiary/aromatic N) is 3. The molecule has 5 rings (SSSR count). The van der Waals surface area contributed by atoms with Crippen LogP contribution in [0.5, 0.6) is 11.5 Å². The summed E-state index contributed by atoms with van der Waals surface area (Å²) in [6.45, 7) is 0.210. The Bertz CT molecular complexity index is 975. The van der Waals surface area contributed by atoms with E-state index in [0.717, 1.165) is 17.3 Å². The molecule has 0 unspecified atom stereocenters. The maximum absolute atomic E-state index is 12.4. The van der Waals surface area contributed by atoms with Crippen molar-refractivity contribution in [2.75, 3.05) is 17.9 Å². The predicted molar refractivity (Wildman–Crippen MR) is 105 cm³/mol. The van der Waals surface area contributed by atoms with Crippen LogP contribution < -0.4 is 14.8 Å². The van der Waals surface area contributed by atoms with Gasteiger partial charge in [0.15, 0.2) is 16.7 Å². The topological polar surface area (TPSA) is 75.5 Å². The Morgan fingerprint density at radius 3 is 3.07 bits per heavy atom. The Morgan fingerprint density at radius 2 is 2.11 bits per heavy atom. The molecule has 0 saturated heterocycles. The van der Waals surface area contributed by atoms with Crippen LogP contribution in [0.1, 0.15) is 18.0 Å². The van der Waals surface area contributed by atoms with E-state index in [0.29, 0.717) is 17.2 Å². The standard InChI is InChI=1S/C19H16N4O3S/c24-18(21-12-5-6-16-17(9-12)26-11-25-16)10-27-19-22-14-4-2-1-3-13(14)15-7-8-20-23(15)19/h1-6,8-9,15H,7,10-11H2,(H,21,24)/t15-/m1/s1. The SMILES string of the molecule is O=C(CSC1=Nc2ccccc2[C@H]2CC=NN12)Nc1ccc2c(c1)OCO2. The van der Waals surface area contributed by atoms with Crippen molar-refractivity contribution in [3.8, 4) is 11.5 Å². The Kier molecular flexibility index (Phi) is 3.97. The van der Waals surface area contributed by atoms with Crippen LogP contribution in [0.15, 0.2) is 52.6 Å². The molecule has 2 aromatic carbocycles. The summed E-state index contributed by atoms with van der Waals surface area (Å²) >= 11 is 1.38. The molecule has 0 spiro atoms. The molecule has 7 nitrogen and oxygen atoms in total. The summed E-state index contributed by atoms with van der Waals surface area (Å²) in [6.07, 6.45) is 2.75. The lowest BCUT2D eigenvalue weighted by Crippen LogP contribution is -2.29. The number of benzene rings is 2. The second kappa shape index (κ2) is 6.62. The Morgan fingerprint density at radius 1 is 1.22 bits per heavy atom. The molecule has 1 amide bonds. The summed E-state index contributed by atoms with van der Waals surface area (Å²) in [7, 11) is 0. The van der Waals surface area contributed by atoms with Gasteiger partial charge in [-0.2, -0.15) is 5.10 Å². The van der Waals surface area contributed by atoms with Crippen LogP contribution in [0.4, 0.5) is 11.4 Å². The number of rotatable bonds is 3. The van der Waals surface area contributed by atoms with Crippen molar-refractivity contribution in [3.05, 3.63) is 48.0 Å². The van der Waals surface area contributed by atoms with Crippen molar-refractivity contribution in [2.45, 2.75) is 12.5 Å². The first-order valence-corrected chi connectivity index (χ1v) is 9.58. The number of hydrogen-bond acceptors (Lipinski definition) is 7. The average Bonchev–Trinajstić information content (AvgIpc) is 3.35. The predicted octanol–water partition coefficient (Wildman–Crippen LogP) is 3.52. The van der Waals surface area contributed by atoms with Crippen molar-refractivity contribution >= 4 is 40.4 Å². The van der Waals surface area contributed by atoms with Crippen LogP contribution in [0.25, 0.3) is 0 Å². The number of carbonyl (C=O) groups is 1. The van der Waals surface area contributed by atoms with Crippen LogP contribution in [-0.4, -0.2) is 34.8 Å². The third kappa shape index (κ3) is 3.02. The summed E-state index contributed by atoms with van der Waals surface area (Å²) in [4.78, 5) is 17.1. The fourth-order valence-corrected chi connectivity index (χ4v) is 4.08. The molecule has 136 valence electrons. The zero-order valence-electron chi connectivity index (χ0n) is 14.3. The van der Waals surface area contributed by atoms with Crippen molar-refractivity contribution in [3.63, 3.8) is 0 Å². The van der Waals surface area contributed by atoms with E-state index in [1.807, 2.05) is 29.4 Å². The maximum Gasteiger partial charge on any atom is 0.234 e. The number of hydrazone groups is 1. The monoisotopic (exact) mass is 380 g/mol. The lowest BCUT2D eigenvalue weighted by molar-refractivity contribution is -0.113. The molecule has 0 bridgehead atoms. The van der Waals surface area contributed by atoms with E-state index in [9.17, 15) is 4.79 Å². The van der Waals surface area contributed by atoms with Crippen molar-refractivity contribution < 1.29 is 14.3 Å². The van der Waals surface area contributed by atoms with E-state index in [2.05, 4.69) is 21.5 Å². The van der Waals surface area contributed by atoms with Gasteiger partial charge in [-0.25, -0.2) is 10.0 Å². The highest BCUT2D eigenvalue weighted by atomic mass is 32.2. The quantitative estimate of drug-likeness (QED) is 0.882. The molecule has 1 atom stereocenters. The highest BCUT2D eigenvalue weighted by Crippen LogP contribution is 2.41. The van der Waals surface area contributed by atoms with Gasteiger partial charge in [-0.3, -0.25) is 4.79 Å². The fourth-order valence-electron chi connectivity index (χ4n) is 3.28. The maximum atomic E-state index is 12.4. The van der Waals surface area contributed by atoms with Gasteiger partial charge < -0.3 is 14.8 Å². The van der Waals surface area contributed by atoms with Gasteiger partial charge in [-0.1, -0.05) is 30.0 Å². The minimum Gasteiger partial charge on any atom is -0.454 e. The number of anilines is 1. The number of fused-ring (bicyclic) bond motifs is 4. The van der Waals surface area contributed by atoms with Gasteiger partial charge in [0.25, 0.3) is 0 Å². The van der Waals surface area contributed by atoms with Crippen LogP contribution in [0.3, 0.4) is 0 Å². The van der Waals surface area contributed by atoms with Crippen LogP contribution in [-0.2, 0) is 4.79 Å². The van der Waals surface area contributed by atoms with E-state index in [-0.39, 0.29) is 24.5 Å². The van der Waals surface area contributed by atoms with E-state index in [1.54, 1.807) is 18.2 Å². The van der Waals surface area contributed by atoms with Crippen molar-refractivity contribution in [1.82, 2.24) is 5.01 Å². The molecule has 1 N–H and O–H groups in total. The summed E-state index contributed by atoms with van der Waals surface area (Å²) in [5, 5.41) is 9.96. The Hall–Kier alpha value is -3.00.